The number of nitrogens with zero attached hydrogens (tertiary/aromatic N) is 5. The Kier molecular flexibility index (Phi) is 9.35. The van der Waals surface area contributed by atoms with Crippen LogP contribution < -0.4 is 14.8 Å². The molecule has 256 valence electrons. The molecule has 2 N–H and O–H groups in total. The summed E-state index contributed by atoms with van der Waals surface area (Å²) >= 11 is 2.05. The molecule has 0 radical (unpaired) electrons. The minimum atomic E-state index is -4.65. The second-order valence-corrected chi connectivity index (χ2v) is 13.7. The molecule has 2 fully saturated rings. The van der Waals surface area contributed by atoms with Gasteiger partial charge in [0.2, 0.25) is 11.8 Å². The molecule has 0 spiro atoms. The average molecular weight is 707 g/mol. The highest BCUT2D eigenvalue weighted by Gasteiger charge is 2.61. The summed E-state index contributed by atoms with van der Waals surface area (Å²) < 4.78 is 51.8. The van der Waals surface area contributed by atoms with Gasteiger partial charge in [-0.3, -0.25) is 4.79 Å². The minimum Gasteiger partial charge on any atom is -0.495 e. The lowest BCUT2D eigenvalue weighted by Gasteiger charge is -2.40. The number of allylic oxidation sites excluding steroid dienone is 1. The molecule has 48 heavy (non-hydrogen) atoms. The maximum atomic E-state index is 13.8. The number of carboxylic acids is 1. The van der Waals surface area contributed by atoms with Gasteiger partial charge in [0.1, 0.15) is 23.4 Å². The van der Waals surface area contributed by atoms with Crippen LogP contribution in [0.15, 0.2) is 35.0 Å². The number of carbonyl (C=O) groups is 3. The number of amides is 3. The summed E-state index contributed by atoms with van der Waals surface area (Å²) in [5.74, 6) is -1.65. The fourth-order valence-electron chi connectivity index (χ4n) is 5.99. The number of thiazole rings is 1. The summed E-state index contributed by atoms with van der Waals surface area (Å²) in [7, 11) is 3.16. The molecule has 3 amide bonds. The van der Waals surface area contributed by atoms with Crippen molar-refractivity contribution in [1.82, 2.24) is 30.1 Å². The van der Waals surface area contributed by atoms with Gasteiger partial charge in [0.05, 0.1) is 17.7 Å². The van der Waals surface area contributed by atoms with Crippen molar-refractivity contribution in [3.63, 3.8) is 0 Å². The molecule has 1 saturated heterocycles. The summed E-state index contributed by atoms with van der Waals surface area (Å²) in [5, 5.41) is 15.4. The maximum Gasteiger partial charge on any atom is 0.434 e. The fourth-order valence-corrected chi connectivity index (χ4v) is 7.57. The van der Waals surface area contributed by atoms with Gasteiger partial charge in [0, 0.05) is 50.3 Å². The van der Waals surface area contributed by atoms with Crippen molar-refractivity contribution in [2.75, 3.05) is 27.2 Å². The Morgan fingerprint density at radius 1 is 1.17 bits per heavy atom. The number of urea groups is 1. The van der Waals surface area contributed by atoms with E-state index in [1.807, 2.05) is 12.2 Å². The van der Waals surface area contributed by atoms with E-state index in [2.05, 4.69) is 20.3 Å². The van der Waals surface area contributed by atoms with E-state index in [0.29, 0.717) is 29.3 Å². The lowest BCUT2D eigenvalue weighted by molar-refractivity contribution is -0.144. The van der Waals surface area contributed by atoms with Crippen LogP contribution in [0.25, 0.3) is 21.4 Å². The summed E-state index contributed by atoms with van der Waals surface area (Å²) in [4.78, 5) is 55.9. The zero-order valence-electron chi connectivity index (χ0n) is 26.0. The summed E-state index contributed by atoms with van der Waals surface area (Å²) in [5.41, 5.74) is -2.18. The topological polar surface area (TPSA) is 147 Å². The third-order valence-electron chi connectivity index (χ3n) is 8.71. The number of halogens is 3. The zero-order valence-corrected chi connectivity index (χ0v) is 27.7. The van der Waals surface area contributed by atoms with Gasteiger partial charge in [0.15, 0.2) is 16.5 Å². The van der Waals surface area contributed by atoms with Crippen molar-refractivity contribution < 1.29 is 42.1 Å². The average Bonchev–Trinajstić information content (AvgIpc) is 3.39. The van der Waals surface area contributed by atoms with E-state index < -0.39 is 41.4 Å². The van der Waals surface area contributed by atoms with E-state index in [9.17, 15) is 32.7 Å². The Bertz CT molecular complexity index is 1730. The maximum absolute atomic E-state index is 13.8. The molecule has 5 heterocycles. The Balaban J connectivity index is 1.31. The van der Waals surface area contributed by atoms with Gasteiger partial charge in [0.25, 0.3) is 0 Å². The zero-order chi connectivity index (χ0) is 34.2. The molecule has 0 aromatic carbocycles. The summed E-state index contributed by atoms with van der Waals surface area (Å²) in [6, 6.07) is 1.87. The lowest BCUT2D eigenvalue weighted by atomic mass is 9.98. The predicted molar refractivity (Wildman–Crippen MR) is 170 cm³/mol. The Hall–Kier alpha value is -4.25. The number of hydrogen-bond acceptors (Lipinski definition) is 10. The first kappa shape index (κ1) is 33.6. The largest absolute Gasteiger partial charge is 0.495 e. The number of methoxy groups -OCH3 is 1. The van der Waals surface area contributed by atoms with Crippen molar-refractivity contribution in [1.29, 1.82) is 0 Å². The van der Waals surface area contributed by atoms with Crippen LogP contribution in [-0.4, -0.2) is 92.7 Å². The van der Waals surface area contributed by atoms with Crippen LogP contribution in [0.4, 0.5) is 18.0 Å². The van der Waals surface area contributed by atoms with Gasteiger partial charge in [-0.1, -0.05) is 12.2 Å². The highest BCUT2D eigenvalue weighted by Crippen LogP contribution is 2.45. The molecule has 0 unspecified atom stereocenters. The van der Waals surface area contributed by atoms with Gasteiger partial charge in [-0.15, -0.1) is 22.7 Å². The second kappa shape index (κ2) is 13.3. The number of piperidine rings is 1. The van der Waals surface area contributed by atoms with E-state index >= 15 is 0 Å². The number of hydrogen-bond donors (Lipinski definition) is 2. The molecule has 12 nitrogen and oxygen atoms in total. The smallest absolute Gasteiger partial charge is 0.434 e. The van der Waals surface area contributed by atoms with E-state index in [1.165, 1.54) is 29.4 Å². The first-order chi connectivity index (χ1) is 22.9. The number of carboxylic acid groups (broad SMARTS) is 1. The van der Waals surface area contributed by atoms with Crippen molar-refractivity contribution in [2.24, 2.45) is 5.92 Å². The van der Waals surface area contributed by atoms with Crippen LogP contribution in [0.2, 0.25) is 0 Å². The number of aromatic nitrogens is 3. The molecule has 3 aliphatic rings. The van der Waals surface area contributed by atoms with E-state index in [1.54, 1.807) is 23.4 Å². The quantitative estimate of drug-likeness (QED) is 0.325. The molecule has 2 aliphatic heterocycles. The highest BCUT2D eigenvalue weighted by molar-refractivity contribution is 7.14. The normalized spacial score (nSPS) is 25.7. The number of fused-ring (bicyclic) bond motifs is 2. The first-order valence-corrected chi connectivity index (χ1v) is 17.1. The first-order valence-electron chi connectivity index (χ1n) is 15.3. The minimum absolute atomic E-state index is 0.0219. The van der Waals surface area contributed by atoms with Gasteiger partial charge in [-0.25, -0.2) is 19.6 Å². The molecular weight excluding hydrogens is 674 g/mol. The molecule has 0 bridgehead atoms. The molecule has 3 aromatic heterocycles. The third kappa shape index (κ3) is 6.83. The lowest BCUT2D eigenvalue weighted by Crippen LogP contribution is -2.60. The van der Waals surface area contributed by atoms with E-state index in [-0.39, 0.29) is 48.0 Å². The van der Waals surface area contributed by atoms with Crippen molar-refractivity contribution in [3.8, 4) is 33.0 Å². The molecule has 17 heteroatoms. The van der Waals surface area contributed by atoms with Gasteiger partial charge < -0.3 is 29.7 Å². The monoisotopic (exact) mass is 706 g/mol. The van der Waals surface area contributed by atoms with Crippen LogP contribution in [-0.2, 0) is 15.8 Å². The van der Waals surface area contributed by atoms with Crippen LogP contribution in [0, 0.1) is 5.92 Å². The number of ether oxygens (including phenoxy) is 2. The van der Waals surface area contributed by atoms with Crippen molar-refractivity contribution in [3.05, 3.63) is 40.7 Å². The van der Waals surface area contributed by atoms with Crippen LogP contribution in [0.1, 0.15) is 44.2 Å². The van der Waals surface area contributed by atoms with E-state index in [4.69, 9.17) is 9.47 Å². The summed E-state index contributed by atoms with van der Waals surface area (Å²) in [6.45, 7) is 0.631. The third-order valence-corrected chi connectivity index (χ3v) is 10.5. The van der Waals surface area contributed by atoms with Crippen molar-refractivity contribution >= 4 is 40.6 Å². The Morgan fingerprint density at radius 2 is 1.98 bits per heavy atom. The number of aliphatic carboxylic acids is 1. The van der Waals surface area contributed by atoms with Crippen molar-refractivity contribution in [2.45, 2.75) is 62.4 Å². The number of carbonyl (C=O) groups excluding carboxylic acids is 2. The molecular formula is C31H33F3N6O6S2. The van der Waals surface area contributed by atoms with Crippen LogP contribution >= 0.6 is 22.7 Å². The molecule has 6 rings (SSSR count). The van der Waals surface area contributed by atoms with E-state index in [0.717, 1.165) is 36.0 Å². The second-order valence-electron chi connectivity index (χ2n) is 11.9. The summed E-state index contributed by atoms with van der Waals surface area (Å²) in [6.07, 6.45) is 1.35. The number of nitrogens with one attached hydrogen (secondary N) is 1. The van der Waals surface area contributed by atoms with Gasteiger partial charge in [-0.05, 0) is 37.1 Å². The van der Waals surface area contributed by atoms with Crippen LogP contribution in [0.3, 0.4) is 0 Å². The number of thiophene rings is 1. The Labute approximate surface area is 281 Å². The molecule has 1 saturated carbocycles. The standard InChI is InChI=1S/C31H33F3N6O6S2/c1-39-10-6-4-3-5-7-17-15-30(17,28(42)43)38-26(41)20-13-18(8-11-40(20)29(39)44)46-23-14-19(24-21(45-2)9-12-47-24)35-25(37-23)27-36-22(16-48-27)31(32,33)34/h5,7,9,12,14,16-18,20H,3-4,6,8,10-11,13,15H2,1-2H3,(H,38,41)(H,42,43)/b7-5-/t17-,18-,20-,30+/m0/s1. The Morgan fingerprint density at radius 3 is 2.71 bits per heavy atom. The number of rotatable bonds is 6. The SMILES string of the molecule is COc1ccsc1-c1cc(O[C@H]2CCN3C(=O)N(C)CCCC/C=C\[C@H]4C[C@@]4(C(=O)O)NC(=O)[C@@H]3C2)nc(-c2nc(C(F)(F)F)cs2)n1. The predicted octanol–water partition coefficient (Wildman–Crippen LogP) is 5.32. The molecule has 1 aliphatic carbocycles. The van der Waals surface area contributed by atoms with Crippen LogP contribution in [0.5, 0.6) is 11.6 Å². The number of alkyl halides is 3. The van der Waals surface area contributed by atoms with Gasteiger partial charge in [-0.2, -0.15) is 18.2 Å². The molecule has 3 aromatic rings. The molecule has 4 atom stereocenters. The van der Waals surface area contributed by atoms with Gasteiger partial charge >= 0.3 is 18.2 Å². The highest BCUT2D eigenvalue weighted by atomic mass is 32.1. The fraction of sp³-hybridized carbons (Fsp3) is 0.484.